The van der Waals surface area contributed by atoms with Crippen molar-refractivity contribution < 1.29 is 4.79 Å². The fourth-order valence-electron chi connectivity index (χ4n) is 2.97. The predicted octanol–water partition coefficient (Wildman–Crippen LogP) is 1.88. The first-order chi connectivity index (χ1) is 11.1. The van der Waals surface area contributed by atoms with E-state index in [1.54, 1.807) is 30.3 Å². The van der Waals surface area contributed by atoms with Crippen LogP contribution in [-0.2, 0) is 17.8 Å². The van der Waals surface area contributed by atoms with Crippen LogP contribution in [0, 0.1) is 0 Å². The lowest BCUT2D eigenvalue weighted by molar-refractivity contribution is -0.127. The van der Waals surface area contributed by atoms with Gasteiger partial charge in [0.2, 0.25) is 5.91 Å². The Kier molecular flexibility index (Phi) is 5.07. The minimum absolute atomic E-state index is 0.100. The highest BCUT2D eigenvalue weighted by molar-refractivity contribution is 7.09. The third kappa shape index (κ3) is 4.17. The first-order valence-electron chi connectivity index (χ1n) is 7.97. The number of hydrogen-bond donors (Lipinski definition) is 1. The molecule has 6 nitrogen and oxygen atoms in total. The van der Waals surface area contributed by atoms with E-state index in [9.17, 15) is 4.79 Å². The smallest absolute Gasteiger partial charge is 0.228 e. The first-order valence-corrected chi connectivity index (χ1v) is 8.85. The van der Waals surface area contributed by atoms with Gasteiger partial charge in [-0.05, 0) is 25.5 Å². The topological polar surface area (TPSA) is 65.1 Å². The molecule has 1 amide bonds. The lowest BCUT2D eigenvalue weighted by atomic mass is 9.95. The summed E-state index contributed by atoms with van der Waals surface area (Å²) in [7, 11) is 3.56. The number of carbonyl (C=O) groups is 1. The van der Waals surface area contributed by atoms with Gasteiger partial charge >= 0.3 is 0 Å². The molecule has 7 heteroatoms. The zero-order valence-corrected chi connectivity index (χ0v) is 14.5. The molecule has 0 aromatic carbocycles. The second-order valence-electron chi connectivity index (χ2n) is 6.28. The van der Waals surface area contributed by atoms with E-state index in [4.69, 9.17) is 0 Å². The largest absolute Gasteiger partial charge is 0.348 e. The van der Waals surface area contributed by atoms with Gasteiger partial charge in [-0.15, -0.1) is 11.3 Å². The summed E-state index contributed by atoms with van der Waals surface area (Å²) < 4.78 is 0. The van der Waals surface area contributed by atoms with Crippen LogP contribution in [0.4, 0.5) is 0 Å². The van der Waals surface area contributed by atoms with Crippen LogP contribution in [0.3, 0.4) is 0 Å². The molecule has 0 unspecified atom stereocenters. The number of thiazole rings is 1. The number of hydrogen-bond acceptors (Lipinski definition) is 5. The number of piperidine rings is 1. The maximum absolute atomic E-state index is 11.8. The number of nitrogens with one attached hydrogen (secondary N) is 1. The van der Waals surface area contributed by atoms with Crippen LogP contribution in [0.25, 0.3) is 0 Å². The molecule has 2 aromatic rings. The summed E-state index contributed by atoms with van der Waals surface area (Å²) in [5.74, 6) is 0.628. The second-order valence-corrected chi connectivity index (χ2v) is 7.23. The van der Waals surface area contributed by atoms with Gasteiger partial charge in [-0.25, -0.2) is 4.98 Å². The van der Waals surface area contributed by atoms with E-state index in [-0.39, 0.29) is 5.91 Å². The quantitative estimate of drug-likeness (QED) is 0.907. The van der Waals surface area contributed by atoms with E-state index >= 15 is 0 Å². The predicted molar refractivity (Wildman–Crippen MR) is 90.4 cm³/mol. The lowest BCUT2D eigenvalue weighted by Gasteiger charge is -2.31. The van der Waals surface area contributed by atoms with E-state index in [0.29, 0.717) is 12.3 Å². The summed E-state index contributed by atoms with van der Waals surface area (Å²) >= 11 is 1.58. The molecule has 0 aliphatic carbocycles. The van der Waals surface area contributed by atoms with Gasteiger partial charge < -0.3 is 4.90 Å². The van der Waals surface area contributed by atoms with Gasteiger partial charge in [-0.3, -0.25) is 14.8 Å². The van der Waals surface area contributed by atoms with E-state index in [1.807, 2.05) is 6.20 Å². The van der Waals surface area contributed by atoms with Crippen LogP contribution in [-0.4, -0.2) is 58.1 Å². The van der Waals surface area contributed by atoms with Gasteiger partial charge in [0, 0.05) is 50.4 Å². The average Bonchev–Trinajstić information content (AvgIpc) is 3.19. The van der Waals surface area contributed by atoms with Gasteiger partial charge in [-0.1, -0.05) is 0 Å². The first kappa shape index (κ1) is 16.1. The van der Waals surface area contributed by atoms with Crippen LogP contribution in [0.5, 0.6) is 0 Å². The molecule has 0 saturated carbocycles. The molecule has 124 valence electrons. The Morgan fingerprint density at radius 3 is 3.13 bits per heavy atom. The van der Waals surface area contributed by atoms with Crippen molar-refractivity contribution in [2.24, 2.45) is 0 Å². The molecule has 1 fully saturated rings. The van der Waals surface area contributed by atoms with E-state index in [1.165, 1.54) is 18.5 Å². The zero-order valence-electron chi connectivity index (χ0n) is 13.7. The molecule has 0 radical (unpaired) electrons. The van der Waals surface area contributed by atoms with Gasteiger partial charge in [0.1, 0.15) is 5.01 Å². The number of likely N-dealkylation sites (tertiary alicyclic amines) is 1. The van der Waals surface area contributed by atoms with Crippen LogP contribution >= 0.6 is 11.3 Å². The van der Waals surface area contributed by atoms with Crippen molar-refractivity contribution >= 4 is 17.2 Å². The number of aromatic nitrogens is 3. The zero-order chi connectivity index (χ0) is 16.2. The minimum Gasteiger partial charge on any atom is -0.348 e. The Hall–Kier alpha value is -1.73. The second kappa shape index (κ2) is 7.23. The average molecular weight is 333 g/mol. The molecule has 1 aliphatic heterocycles. The Bertz CT molecular complexity index is 637. The van der Waals surface area contributed by atoms with E-state index in [2.05, 4.69) is 31.5 Å². The van der Waals surface area contributed by atoms with Gasteiger partial charge in [0.25, 0.3) is 0 Å². The van der Waals surface area contributed by atoms with Crippen molar-refractivity contribution in [3.05, 3.63) is 34.0 Å². The Balaban J connectivity index is 1.57. The Labute approximate surface area is 140 Å². The normalized spacial score (nSPS) is 19.0. The molecule has 3 heterocycles. The molecule has 3 rings (SSSR count). The number of carbonyl (C=O) groups excluding carboxylic acids is 1. The van der Waals surface area contributed by atoms with Crippen LogP contribution in [0.2, 0.25) is 0 Å². The summed E-state index contributed by atoms with van der Waals surface area (Å²) in [4.78, 5) is 20.4. The highest BCUT2D eigenvalue weighted by atomic mass is 32.1. The summed E-state index contributed by atoms with van der Waals surface area (Å²) in [6.07, 6.45) is 4.62. The summed E-state index contributed by atoms with van der Waals surface area (Å²) in [6, 6.07) is 2.07. The SMILES string of the molecule is CN(C)C(=O)Cc1nc(CN2CCC[C@H](c3ccn[nH]3)C2)cs1. The number of rotatable bonds is 5. The standard InChI is InChI=1S/C16H23N5OS/c1-20(2)16(22)8-15-18-13(11-23-15)10-21-7-3-4-12(9-21)14-5-6-17-19-14/h5-6,11-12H,3-4,7-10H2,1-2H3,(H,17,19)/t12-/m0/s1. The number of likely N-dealkylation sites (N-methyl/N-ethyl adjacent to an activating group) is 1. The van der Waals surface area contributed by atoms with Crippen molar-refractivity contribution in [2.75, 3.05) is 27.2 Å². The van der Waals surface area contributed by atoms with Gasteiger partial charge in [0.15, 0.2) is 0 Å². The molecule has 1 N–H and O–H groups in total. The Morgan fingerprint density at radius 1 is 1.52 bits per heavy atom. The number of aromatic amines is 1. The maximum Gasteiger partial charge on any atom is 0.228 e. The summed E-state index contributed by atoms with van der Waals surface area (Å²) in [6.45, 7) is 3.00. The van der Waals surface area contributed by atoms with Crippen LogP contribution in [0.1, 0.15) is 35.2 Å². The van der Waals surface area contributed by atoms with Crippen molar-refractivity contribution in [1.82, 2.24) is 25.0 Å². The van der Waals surface area contributed by atoms with Crippen LogP contribution < -0.4 is 0 Å². The molecule has 0 bridgehead atoms. The number of nitrogens with zero attached hydrogens (tertiary/aromatic N) is 4. The summed E-state index contributed by atoms with van der Waals surface area (Å²) in [5.41, 5.74) is 2.30. The molecule has 1 atom stereocenters. The molecule has 0 spiro atoms. The van der Waals surface area contributed by atoms with Crippen molar-refractivity contribution in [2.45, 2.75) is 31.7 Å². The van der Waals surface area contributed by atoms with Crippen molar-refractivity contribution in [1.29, 1.82) is 0 Å². The van der Waals surface area contributed by atoms with E-state index < -0.39 is 0 Å². The van der Waals surface area contributed by atoms with E-state index in [0.717, 1.165) is 30.3 Å². The molecule has 1 aliphatic rings. The van der Waals surface area contributed by atoms with Crippen LogP contribution in [0.15, 0.2) is 17.6 Å². The number of H-pyrrole nitrogens is 1. The lowest BCUT2D eigenvalue weighted by Crippen LogP contribution is -2.34. The summed E-state index contributed by atoms with van der Waals surface area (Å²) in [5, 5.41) is 10.1. The monoisotopic (exact) mass is 333 g/mol. The van der Waals surface area contributed by atoms with Gasteiger partial charge in [-0.2, -0.15) is 5.10 Å². The fraction of sp³-hybridized carbons (Fsp3) is 0.562. The third-order valence-electron chi connectivity index (χ3n) is 4.25. The fourth-order valence-corrected chi connectivity index (χ4v) is 3.74. The van der Waals surface area contributed by atoms with Crippen molar-refractivity contribution in [3.63, 3.8) is 0 Å². The third-order valence-corrected chi connectivity index (χ3v) is 5.15. The molecule has 1 saturated heterocycles. The number of amides is 1. The Morgan fingerprint density at radius 2 is 2.39 bits per heavy atom. The van der Waals surface area contributed by atoms with Crippen molar-refractivity contribution in [3.8, 4) is 0 Å². The maximum atomic E-state index is 11.8. The minimum atomic E-state index is 0.100. The molecule has 23 heavy (non-hydrogen) atoms. The molecular weight excluding hydrogens is 310 g/mol. The highest BCUT2D eigenvalue weighted by Crippen LogP contribution is 2.26. The highest BCUT2D eigenvalue weighted by Gasteiger charge is 2.23. The molecular formula is C16H23N5OS. The van der Waals surface area contributed by atoms with Gasteiger partial charge in [0.05, 0.1) is 12.1 Å². The molecule has 2 aromatic heterocycles.